The number of hydrogen-bond donors (Lipinski definition) is 3. The smallest absolute Gasteiger partial charge is 0.341 e. The number of hydrogen-bond acceptors (Lipinski definition) is 4. The Morgan fingerprint density at radius 2 is 1.43 bits per heavy atom. The van der Waals surface area contributed by atoms with E-state index in [4.69, 9.17) is 46.3 Å². The lowest BCUT2D eigenvalue weighted by molar-refractivity contribution is -0.167. The van der Waals surface area contributed by atoms with Gasteiger partial charge in [-0.05, 0) is 65.6 Å². The molecular formula is C33H35Cl3F5N3O2. The Morgan fingerprint density at radius 1 is 0.826 bits per heavy atom. The number of Topliss-reactive ketones (excluding diaryl/α,β-unsaturated/α-hetero) is 1. The lowest BCUT2D eigenvalue weighted by Gasteiger charge is -2.38. The molecule has 1 amide bonds. The summed E-state index contributed by atoms with van der Waals surface area (Å²) in [6, 6.07) is 19.1. The number of alkyl halides is 5. The molecule has 0 bridgehead atoms. The van der Waals surface area contributed by atoms with Crippen LogP contribution in [0, 0.1) is 17.8 Å². The molecule has 0 saturated heterocycles. The van der Waals surface area contributed by atoms with Gasteiger partial charge in [0.1, 0.15) is 6.54 Å². The van der Waals surface area contributed by atoms with Gasteiger partial charge in [-0.1, -0.05) is 97.2 Å². The van der Waals surface area contributed by atoms with Gasteiger partial charge in [-0.15, -0.1) is 0 Å². The van der Waals surface area contributed by atoms with E-state index in [1.807, 2.05) is 30.3 Å². The summed E-state index contributed by atoms with van der Waals surface area (Å²) in [6.07, 6.45) is -4.58. The predicted molar refractivity (Wildman–Crippen MR) is 171 cm³/mol. The molecule has 250 valence electrons. The van der Waals surface area contributed by atoms with Gasteiger partial charge in [-0.25, -0.2) is 0 Å². The van der Waals surface area contributed by atoms with Crippen molar-refractivity contribution in [3.05, 3.63) is 105 Å². The van der Waals surface area contributed by atoms with Gasteiger partial charge >= 0.3 is 12.1 Å². The minimum absolute atomic E-state index is 0.144. The summed E-state index contributed by atoms with van der Waals surface area (Å²) >= 11 is 18.6. The van der Waals surface area contributed by atoms with E-state index in [-0.39, 0.29) is 18.8 Å². The predicted octanol–water partition coefficient (Wildman–Crippen LogP) is 7.84. The second kappa shape index (κ2) is 15.9. The highest BCUT2D eigenvalue weighted by Crippen LogP contribution is 2.37. The largest absolute Gasteiger partial charge is 0.405 e. The molecule has 3 aromatic rings. The SMILES string of the molecule is CC(C)[C@H](C(=O)C(F)(F)C(=O)NCC(F)(F)F)C(N)[C@@H](Cc1ccc(Cl)cc1)C(N)CC(c1ccccc1)c1ccc(Cl)c(Cl)c1. The van der Waals surface area contributed by atoms with Gasteiger partial charge in [0.15, 0.2) is 0 Å². The molecule has 0 radical (unpaired) electrons. The molecule has 0 saturated carbocycles. The van der Waals surface area contributed by atoms with Crippen LogP contribution in [0.15, 0.2) is 72.8 Å². The van der Waals surface area contributed by atoms with Crippen LogP contribution in [0.4, 0.5) is 22.0 Å². The summed E-state index contributed by atoms with van der Waals surface area (Å²) in [5.41, 5.74) is 15.9. The van der Waals surface area contributed by atoms with Gasteiger partial charge < -0.3 is 16.8 Å². The Kier molecular flexibility index (Phi) is 13.0. The van der Waals surface area contributed by atoms with Crippen molar-refractivity contribution in [1.82, 2.24) is 5.32 Å². The van der Waals surface area contributed by atoms with E-state index in [0.717, 1.165) is 16.4 Å². The van der Waals surface area contributed by atoms with E-state index < -0.39 is 60.2 Å². The minimum Gasteiger partial charge on any atom is -0.341 e. The summed E-state index contributed by atoms with van der Waals surface area (Å²) in [7, 11) is 0. The molecule has 5 N–H and O–H groups in total. The molecule has 3 rings (SSSR count). The van der Waals surface area contributed by atoms with Gasteiger partial charge in [0.05, 0.1) is 10.0 Å². The quantitative estimate of drug-likeness (QED) is 0.118. The average Bonchev–Trinajstić information content (AvgIpc) is 2.99. The van der Waals surface area contributed by atoms with Crippen LogP contribution in [0.1, 0.15) is 42.9 Å². The van der Waals surface area contributed by atoms with Crippen LogP contribution in [0.25, 0.3) is 0 Å². The molecule has 3 unspecified atom stereocenters. The Labute approximate surface area is 279 Å². The fourth-order valence-electron chi connectivity index (χ4n) is 5.59. The molecule has 5 atom stereocenters. The third-order valence-electron chi connectivity index (χ3n) is 7.96. The van der Waals surface area contributed by atoms with Gasteiger partial charge in [-0.2, -0.15) is 22.0 Å². The summed E-state index contributed by atoms with van der Waals surface area (Å²) < 4.78 is 68.2. The average molecular weight is 707 g/mol. The third kappa shape index (κ3) is 9.87. The number of amides is 1. The first kappa shape index (κ1) is 37.7. The van der Waals surface area contributed by atoms with Crippen LogP contribution in [-0.2, 0) is 16.0 Å². The fraction of sp³-hybridized carbons (Fsp3) is 0.394. The third-order valence-corrected chi connectivity index (χ3v) is 8.96. The Balaban J connectivity index is 2.03. The van der Waals surface area contributed by atoms with Crippen molar-refractivity contribution < 1.29 is 31.5 Å². The molecular weight excluding hydrogens is 672 g/mol. The minimum atomic E-state index is -4.96. The number of halogens is 8. The molecule has 0 aliphatic heterocycles. The first-order valence-electron chi connectivity index (χ1n) is 14.4. The molecule has 0 heterocycles. The van der Waals surface area contributed by atoms with E-state index in [0.29, 0.717) is 20.6 Å². The molecule has 0 aromatic heterocycles. The van der Waals surface area contributed by atoms with Crippen molar-refractivity contribution in [2.24, 2.45) is 29.2 Å². The van der Waals surface area contributed by atoms with Gasteiger partial charge in [0.2, 0.25) is 5.78 Å². The maximum absolute atomic E-state index is 15.2. The summed E-state index contributed by atoms with van der Waals surface area (Å²) in [5.74, 6) is -12.7. The maximum Gasteiger partial charge on any atom is 0.405 e. The number of benzene rings is 3. The number of nitrogens with one attached hydrogen (secondary N) is 1. The maximum atomic E-state index is 15.2. The number of rotatable bonds is 14. The number of carbonyl (C=O) groups excluding carboxylic acids is 2. The monoisotopic (exact) mass is 705 g/mol. The molecule has 0 aliphatic rings. The number of nitrogens with two attached hydrogens (primary N) is 2. The van der Waals surface area contributed by atoms with E-state index in [9.17, 15) is 22.8 Å². The van der Waals surface area contributed by atoms with Gasteiger partial charge in [-0.3, -0.25) is 9.59 Å². The van der Waals surface area contributed by atoms with Crippen LogP contribution >= 0.6 is 34.8 Å². The second-order valence-corrected chi connectivity index (χ2v) is 12.9. The lowest BCUT2D eigenvalue weighted by atomic mass is 9.71. The van der Waals surface area contributed by atoms with Crippen LogP contribution < -0.4 is 16.8 Å². The zero-order valence-corrected chi connectivity index (χ0v) is 27.3. The van der Waals surface area contributed by atoms with Crippen molar-refractivity contribution in [3.63, 3.8) is 0 Å². The van der Waals surface area contributed by atoms with Gasteiger partial charge in [0, 0.05) is 28.9 Å². The van der Waals surface area contributed by atoms with E-state index in [2.05, 4.69) is 0 Å². The Morgan fingerprint density at radius 3 is 1.98 bits per heavy atom. The molecule has 13 heteroatoms. The van der Waals surface area contributed by atoms with Gasteiger partial charge in [0.25, 0.3) is 5.91 Å². The first-order valence-corrected chi connectivity index (χ1v) is 15.6. The van der Waals surface area contributed by atoms with Crippen molar-refractivity contribution in [3.8, 4) is 0 Å². The molecule has 3 aromatic carbocycles. The lowest BCUT2D eigenvalue weighted by Crippen LogP contribution is -2.57. The molecule has 46 heavy (non-hydrogen) atoms. The van der Waals surface area contributed by atoms with E-state index in [1.165, 1.54) is 13.8 Å². The van der Waals surface area contributed by atoms with E-state index in [1.54, 1.807) is 42.5 Å². The zero-order chi connectivity index (χ0) is 34.4. The fourth-order valence-corrected chi connectivity index (χ4v) is 6.03. The highest BCUT2D eigenvalue weighted by atomic mass is 35.5. The molecule has 0 spiro atoms. The summed E-state index contributed by atoms with van der Waals surface area (Å²) in [5, 5.41) is 2.24. The van der Waals surface area contributed by atoms with Crippen LogP contribution in [0.3, 0.4) is 0 Å². The number of ketones is 1. The van der Waals surface area contributed by atoms with Crippen molar-refractivity contribution in [2.45, 2.75) is 56.8 Å². The normalized spacial score (nSPS) is 15.6. The molecule has 0 fully saturated rings. The zero-order valence-electron chi connectivity index (χ0n) is 25.0. The Bertz CT molecular complexity index is 1470. The topological polar surface area (TPSA) is 98.2 Å². The van der Waals surface area contributed by atoms with Crippen LogP contribution in [0.5, 0.6) is 0 Å². The van der Waals surface area contributed by atoms with E-state index >= 15 is 8.78 Å². The second-order valence-electron chi connectivity index (χ2n) is 11.6. The van der Waals surface area contributed by atoms with Crippen molar-refractivity contribution >= 4 is 46.5 Å². The molecule has 0 aliphatic carbocycles. The standard InChI is InChI=1S/C33H35Cl3F5N3O2/c1-18(2)28(30(45)33(40,41)31(46)44-17-32(37,38)39)29(43)24(14-19-8-11-22(34)12-9-19)27(42)16-23(20-6-4-3-5-7-20)21-10-13-25(35)26(36)15-21/h3-13,15,18,23-24,27-29H,14,16-17,42-43H2,1-2H3,(H,44,46)/t23?,24-,27?,28-,29?/m0/s1. The molecule has 5 nitrogen and oxygen atoms in total. The summed E-state index contributed by atoms with van der Waals surface area (Å²) in [6.45, 7) is 0.922. The van der Waals surface area contributed by atoms with Crippen molar-refractivity contribution in [2.75, 3.05) is 6.54 Å². The number of carbonyl (C=O) groups is 2. The summed E-state index contributed by atoms with van der Waals surface area (Å²) in [4.78, 5) is 25.5. The van der Waals surface area contributed by atoms with Crippen molar-refractivity contribution in [1.29, 1.82) is 0 Å². The first-order chi connectivity index (χ1) is 21.4. The highest BCUT2D eigenvalue weighted by molar-refractivity contribution is 6.42. The van der Waals surface area contributed by atoms with Crippen LogP contribution in [0.2, 0.25) is 15.1 Å². The highest BCUT2D eigenvalue weighted by Gasteiger charge is 2.53. The van der Waals surface area contributed by atoms with Crippen LogP contribution in [-0.4, -0.2) is 42.4 Å². The Hall–Kier alpha value is -2.76.